The average Bonchev–Trinajstić information content (AvgIpc) is 2.79. The van der Waals surface area contributed by atoms with E-state index in [0.29, 0.717) is 17.8 Å². The summed E-state index contributed by atoms with van der Waals surface area (Å²) >= 11 is 6.26. The Morgan fingerprint density at radius 1 is 1.27 bits per heavy atom. The Morgan fingerprint density at radius 3 is 2.59 bits per heavy atom. The summed E-state index contributed by atoms with van der Waals surface area (Å²) in [7, 11) is 1.50. The lowest BCUT2D eigenvalue weighted by Gasteiger charge is -2.05. The quantitative estimate of drug-likeness (QED) is 0.873. The number of carbonyl (C=O) groups excluding carboxylic acids is 2. The fourth-order valence-electron chi connectivity index (χ4n) is 2.01. The first-order chi connectivity index (χ1) is 10.5. The molecule has 2 amide bonds. The van der Waals surface area contributed by atoms with Crippen LogP contribution >= 0.6 is 11.6 Å². The summed E-state index contributed by atoms with van der Waals surface area (Å²) in [6.07, 6.45) is 0. The molecule has 2 rings (SSSR count). The highest BCUT2D eigenvalue weighted by molar-refractivity contribution is 6.33. The van der Waals surface area contributed by atoms with Crippen molar-refractivity contribution in [1.29, 1.82) is 0 Å². The van der Waals surface area contributed by atoms with E-state index in [1.807, 2.05) is 30.3 Å². The Morgan fingerprint density at radius 2 is 1.95 bits per heavy atom. The van der Waals surface area contributed by atoms with Crippen molar-refractivity contribution >= 4 is 23.4 Å². The number of nitrogens with one attached hydrogen (secondary N) is 2. The molecular weight excluding hydrogens is 304 g/mol. The molecule has 1 aromatic heterocycles. The van der Waals surface area contributed by atoms with Crippen LogP contribution in [0.2, 0.25) is 5.15 Å². The summed E-state index contributed by atoms with van der Waals surface area (Å²) < 4.78 is 1.57. The molecule has 2 aromatic rings. The van der Waals surface area contributed by atoms with Gasteiger partial charge >= 0.3 is 0 Å². The van der Waals surface area contributed by atoms with Crippen LogP contribution in [0, 0.1) is 6.92 Å². The molecule has 1 heterocycles. The van der Waals surface area contributed by atoms with Gasteiger partial charge in [-0.3, -0.25) is 9.59 Å². The van der Waals surface area contributed by atoms with Crippen molar-refractivity contribution in [2.75, 3.05) is 13.6 Å². The molecule has 2 N–H and O–H groups in total. The van der Waals surface area contributed by atoms with E-state index in [2.05, 4.69) is 15.7 Å². The first kappa shape index (κ1) is 16.0. The van der Waals surface area contributed by atoms with Gasteiger partial charge in [0.1, 0.15) is 5.15 Å². The van der Waals surface area contributed by atoms with Crippen LogP contribution in [-0.4, -0.2) is 35.2 Å². The average molecular weight is 321 g/mol. The summed E-state index contributed by atoms with van der Waals surface area (Å²) in [5.74, 6) is -0.691. The lowest BCUT2D eigenvalue weighted by atomic mass is 10.2. The van der Waals surface area contributed by atoms with Gasteiger partial charge in [0.2, 0.25) is 5.91 Å². The minimum absolute atomic E-state index is 0.102. The number of amides is 2. The molecule has 0 bridgehead atoms. The summed E-state index contributed by atoms with van der Waals surface area (Å²) in [6, 6.07) is 9.70. The van der Waals surface area contributed by atoms with Crippen LogP contribution in [0.4, 0.5) is 0 Å². The van der Waals surface area contributed by atoms with E-state index in [-0.39, 0.29) is 17.6 Å². The molecule has 0 aliphatic heterocycles. The molecule has 6 nitrogen and oxygen atoms in total. The Kier molecular flexibility index (Phi) is 5.16. The largest absolute Gasteiger partial charge is 0.358 e. The zero-order valence-corrected chi connectivity index (χ0v) is 13.1. The molecule has 0 aliphatic carbocycles. The maximum atomic E-state index is 12.1. The monoisotopic (exact) mass is 320 g/mol. The molecular formula is C15H17ClN4O2. The van der Waals surface area contributed by atoms with E-state index >= 15 is 0 Å². The van der Waals surface area contributed by atoms with Gasteiger partial charge in [0, 0.05) is 7.05 Å². The zero-order chi connectivity index (χ0) is 16.1. The highest BCUT2D eigenvalue weighted by Crippen LogP contribution is 2.20. The third kappa shape index (κ3) is 3.65. The van der Waals surface area contributed by atoms with Crippen LogP contribution in [0.5, 0.6) is 0 Å². The molecule has 0 unspecified atom stereocenters. The van der Waals surface area contributed by atoms with Gasteiger partial charge in [0.05, 0.1) is 24.3 Å². The van der Waals surface area contributed by atoms with Crippen molar-refractivity contribution in [3.63, 3.8) is 0 Å². The van der Waals surface area contributed by atoms with E-state index in [0.717, 1.165) is 5.56 Å². The Balaban J connectivity index is 2.16. The van der Waals surface area contributed by atoms with Gasteiger partial charge in [-0.25, -0.2) is 4.68 Å². The van der Waals surface area contributed by atoms with Crippen LogP contribution in [0.25, 0.3) is 0 Å². The molecule has 1 aromatic carbocycles. The van der Waals surface area contributed by atoms with Crippen LogP contribution in [0.3, 0.4) is 0 Å². The van der Waals surface area contributed by atoms with Gasteiger partial charge in [0.25, 0.3) is 5.91 Å². The number of nitrogens with zero attached hydrogens (tertiary/aromatic N) is 2. The highest BCUT2D eigenvalue weighted by Gasteiger charge is 2.20. The van der Waals surface area contributed by atoms with Gasteiger partial charge in [-0.1, -0.05) is 41.9 Å². The molecule has 22 heavy (non-hydrogen) atoms. The maximum absolute atomic E-state index is 12.1. The van der Waals surface area contributed by atoms with Crippen LogP contribution in [0.15, 0.2) is 30.3 Å². The number of aryl methyl sites for hydroxylation is 1. The summed E-state index contributed by atoms with van der Waals surface area (Å²) in [5, 5.41) is 9.51. The number of benzene rings is 1. The van der Waals surface area contributed by atoms with Gasteiger partial charge in [-0.05, 0) is 12.5 Å². The predicted octanol–water partition coefficient (Wildman–Crippen LogP) is 1.37. The molecule has 0 fully saturated rings. The smallest absolute Gasteiger partial charge is 0.256 e. The Hall–Kier alpha value is -2.34. The number of likely N-dealkylation sites (N-methyl/N-ethyl adjacent to an activating group) is 1. The topological polar surface area (TPSA) is 76.0 Å². The third-order valence-electron chi connectivity index (χ3n) is 3.16. The third-order valence-corrected chi connectivity index (χ3v) is 3.54. The van der Waals surface area contributed by atoms with Crippen LogP contribution in [-0.2, 0) is 11.3 Å². The van der Waals surface area contributed by atoms with Crippen molar-refractivity contribution in [2.45, 2.75) is 13.5 Å². The second kappa shape index (κ2) is 7.09. The normalized spacial score (nSPS) is 10.3. The molecule has 116 valence electrons. The van der Waals surface area contributed by atoms with E-state index in [4.69, 9.17) is 11.6 Å². The number of halogens is 1. The number of hydrogen-bond donors (Lipinski definition) is 2. The number of rotatable bonds is 5. The van der Waals surface area contributed by atoms with E-state index in [9.17, 15) is 9.59 Å². The SMILES string of the molecule is CNC(=O)CNC(=O)c1c(C)nn(Cc2ccccc2)c1Cl. The van der Waals surface area contributed by atoms with E-state index in [1.165, 1.54) is 7.05 Å². The molecule has 0 radical (unpaired) electrons. The summed E-state index contributed by atoms with van der Waals surface area (Å²) in [4.78, 5) is 23.3. The number of aromatic nitrogens is 2. The van der Waals surface area contributed by atoms with E-state index in [1.54, 1.807) is 11.6 Å². The molecule has 0 aliphatic rings. The first-order valence-corrected chi connectivity index (χ1v) is 7.16. The van der Waals surface area contributed by atoms with Crippen molar-refractivity contribution in [1.82, 2.24) is 20.4 Å². The molecule has 7 heteroatoms. The Bertz CT molecular complexity index is 682. The van der Waals surface area contributed by atoms with Crippen LogP contribution < -0.4 is 10.6 Å². The van der Waals surface area contributed by atoms with Crippen molar-refractivity contribution in [3.05, 3.63) is 52.3 Å². The molecule has 0 atom stereocenters. The summed E-state index contributed by atoms with van der Waals surface area (Å²) in [5.41, 5.74) is 1.85. The standard InChI is InChI=1S/C15H17ClN4O2/c1-10-13(15(22)18-8-12(21)17-2)14(16)20(19-10)9-11-6-4-3-5-7-11/h3-7H,8-9H2,1-2H3,(H,17,21)(H,18,22). The van der Waals surface area contributed by atoms with Gasteiger partial charge < -0.3 is 10.6 Å². The predicted molar refractivity (Wildman–Crippen MR) is 83.9 cm³/mol. The van der Waals surface area contributed by atoms with Crippen LogP contribution in [0.1, 0.15) is 21.6 Å². The molecule has 0 saturated carbocycles. The second-order valence-corrected chi connectivity index (χ2v) is 5.11. The lowest BCUT2D eigenvalue weighted by Crippen LogP contribution is -2.35. The van der Waals surface area contributed by atoms with Crippen molar-refractivity contribution < 1.29 is 9.59 Å². The lowest BCUT2D eigenvalue weighted by molar-refractivity contribution is -0.119. The van der Waals surface area contributed by atoms with Gasteiger partial charge in [-0.15, -0.1) is 0 Å². The highest BCUT2D eigenvalue weighted by atomic mass is 35.5. The number of carbonyl (C=O) groups is 2. The minimum Gasteiger partial charge on any atom is -0.358 e. The van der Waals surface area contributed by atoms with E-state index < -0.39 is 5.91 Å². The van der Waals surface area contributed by atoms with Gasteiger partial charge in [0.15, 0.2) is 0 Å². The summed E-state index contributed by atoms with van der Waals surface area (Å²) in [6.45, 7) is 2.08. The fourth-order valence-corrected chi connectivity index (χ4v) is 2.33. The van der Waals surface area contributed by atoms with Crippen molar-refractivity contribution in [2.24, 2.45) is 0 Å². The fraction of sp³-hybridized carbons (Fsp3) is 0.267. The first-order valence-electron chi connectivity index (χ1n) is 6.78. The second-order valence-electron chi connectivity index (χ2n) is 4.75. The number of hydrogen-bond acceptors (Lipinski definition) is 3. The Labute approximate surface area is 133 Å². The zero-order valence-electron chi connectivity index (χ0n) is 12.4. The molecule has 0 spiro atoms. The minimum atomic E-state index is -0.412. The van der Waals surface area contributed by atoms with Crippen molar-refractivity contribution in [3.8, 4) is 0 Å². The maximum Gasteiger partial charge on any atom is 0.256 e. The molecule has 0 saturated heterocycles. The van der Waals surface area contributed by atoms with Gasteiger partial charge in [-0.2, -0.15) is 5.10 Å².